The highest BCUT2D eigenvalue weighted by Gasteiger charge is 2.10. The average molecular weight is 446 g/mol. The maximum Gasteiger partial charge on any atom is 0.191 e. The van der Waals surface area contributed by atoms with Gasteiger partial charge < -0.3 is 20.1 Å². The summed E-state index contributed by atoms with van der Waals surface area (Å²) in [4.78, 5) is 13.0. The number of nitrogens with one attached hydrogen (secondary N) is 2. The molecule has 2 heterocycles. The fourth-order valence-corrected chi connectivity index (χ4v) is 4.23. The zero-order valence-corrected chi connectivity index (χ0v) is 19.8. The van der Waals surface area contributed by atoms with Gasteiger partial charge in [-0.15, -0.1) is 11.3 Å². The molecule has 3 rings (SSSR count). The van der Waals surface area contributed by atoms with E-state index in [2.05, 4.69) is 53.4 Å². The van der Waals surface area contributed by atoms with Gasteiger partial charge in [-0.05, 0) is 38.5 Å². The predicted molar refractivity (Wildman–Crippen MR) is 127 cm³/mol. The quantitative estimate of drug-likeness (QED) is 0.433. The summed E-state index contributed by atoms with van der Waals surface area (Å²) in [6.45, 7) is 13.7. The van der Waals surface area contributed by atoms with Gasteiger partial charge in [-0.1, -0.05) is 12.1 Å². The number of aromatic nitrogens is 1. The highest BCUT2D eigenvalue weighted by molar-refractivity contribution is 7.11. The largest absolute Gasteiger partial charge is 0.492 e. The van der Waals surface area contributed by atoms with Crippen LogP contribution in [0.4, 0.5) is 0 Å². The lowest BCUT2D eigenvalue weighted by Crippen LogP contribution is -2.38. The van der Waals surface area contributed by atoms with Crippen LogP contribution in [-0.2, 0) is 17.7 Å². The lowest BCUT2D eigenvalue weighted by molar-refractivity contribution is 0.0322. The van der Waals surface area contributed by atoms with Crippen LogP contribution in [0.25, 0.3) is 0 Å². The molecule has 0 atom stereocenters. The highest BCUT2D eigenvalue weighted by Crippen LogP contribution is 2.16. The summed E-state index contributed by atoms with van der Waals surface area (Å²) < 4.78 is 11.3. The van der Waals surface area contributed by atoms with Crippen LogP contribution < -0.4 is 15.4 Å². The van der Waals surface area contributed by atoms with Crippen molar-refractivity contribution in [1.82, 2.24) is 20.5 Å². The molecule has 2 aromatic rings. The lowest BCUT2D eigenvalue weighted by Gasteiger charge is -2.26. The Labute approximate surface area is 189 Å². The van der Waals surface area contributed by atoms with Crippen LogP contribution in [0.3, 0.4) is 0 Å². The summed E-state index contributed by atoms with van der Waals surface area (Å²) in [7, 11) is 0. The number of rotatable bonds is 10. The van der Waals surface area contributed by atoms with Crippen molar-refractivity contribution in [1.29, 1.82) is 0 Å². The molecule has 0 aliphatic carbocycles. The van der Waals surface area contributed by atoms with E-state index in [1.54, 1.807) is 11.3 Å². The molecule has 0 spiro atoms. The maximum absolute atomic E-state index is 5.96. The number of thiazole rings is 1. The minimum absolute atomic E-state index is 0.603. The van der Waals surface area contributed by atoms with Gasteiger partial charge in [-0.25, -0.2) is 9.98 Å². The minimum Gasteiger partial charge on any atom is -0.492 e. The van der Waals surface area contributed by atoms with Crippen LogP contribution in [0, 0.1) is 13.8 Å². The third-order valence-corrected chi connectivity index (χ3v) is 6.28. The van der Waals surface area contributed by atoms with Crippen molar-refractivity contribution >= 4 is 17.3 Å². The van der Waals surface area contributed by atoms with Gasteiger partial charge in [0.2, 0.25) is 0 Å². The summed E-state index contributed by atoms with van der Waals surface area (Å²) in [5.41, 5.74) is 2.26. The van der Waals surface area contributed by atoms with E-state index in [-0.39, 0.29) is 0 Å². The van der Waals surface area contributed by atoms with Crippen LogP contribution >= 0.6 is 11.3 Å². The van der Waals surface area contributed by atoms with Gasteiger partial charge in [0, 0.05) is 44.0 Å². The van der Waals surface area contributed by atoms with E-state index in [4.69, 9.17) is 14.5 Å². The van der Waals surface area contributed by atoms with Gasteiger partial charge in [0.25, 0.3) is 0 Å². The molecule has 7 nitrogen and oxygen atoms in total. The van der Waals surface area contributed by atoms with Crippen LogP contribution in [-0.4, -0.2) is 68.4 Å². The van der Waals surface area contributed by atoms with E-state index >= 15 is 0 Å². The number of hydrogen-bond donors (Lipinski definition) is 2. The highest BCUT2D eigenvalue weighted by atomic mass is 32.1. The van der Waals surface area contributed by atoms with Crippen molar-refractivity contribution in [2.45, 2.75) is 33.7 Å². The SMILES string of the molecule is CCNC(=NCc1cccc(OCCN2CCOCC2)c1)NCCc1nc(C)c(C)s1. The summed E-state index contributed by atoms with van der Waals surface area (Å²) in [5, 5.41) is 7.89. The number of morpholine rings is 1. The Kier molecular flexibility index (Phi) is 9.58. The van der Waals surface area contributed by atoms with Gasteiger partial charge >= 0.3 is 0 Å². The average Bonchev–Trinajstić information content (AvgIpc) is 3.10. The predicted octanol–water partition coefficient (Wildman–Crippen LogP) is 2.77. The number of nitrogens with zero attached hydrogens (tertiary/aromatic N) is 3. The second-order valence-electron chi connectivity index (χ2n) is 7.57. The van der Waals surface area contributed by atoms with Crippen molar-refractivity contribution in [3.63, 3.8) is 0 Å². The van der Waals surface area contributed by atoms with Gasteiger partial charge in [0.1, 0.15) is 12.4 Å². The molecule has 1 aliphatic rings. The Morgan fingerprint density at radius 2 is 2.10 bits per heavy atom. The zero-order chi connectivity index (χ0) is 21.9. The van der Waals surface area contributed by atoms with E-state index < -0.39 is 0 Å². The fraction of sp³-hybridized carbons (Fsp3) is 0.565. The Bertz CT molecular complexity index is 814. The third kappa shape index (κ3) is 8.12. The number of aliphatic imine (C=N–C) groups is 1. The van der Waals surface area contributed by atoms with Gasteiger partial charge in [-0.2, -0.15) is 0 Å². The monoisotopic (exact) mass is 445 g/mol. The van der Waals surface area contributed by atoms with Gasteiger partial charge in [-0.3, -0.25) is 4.90 Å². The second kappa shape index (κ2) is 12.6. The molecule has 170 valence electrons. The van der Waals surface area contributed by atoms with Crippen LogP contribution in [0.5, 0.6) is 5.75 Å². The number of ether oxygens (including phenoxy) is 2. The number of benzene rings is 1. The smallest absolute Gasteiger partial charge is 0.191 e. The molecule has 1 aliphatic heterocycles. The Morgan fingerprint density at radius 3 is 2.84 bits per heavy atom. The fourth-order valence-electron chi connectivity index (χ4n) is 3.30. The summed E-state index contributed by atoms with van der Waals surface area (Å²) in [6, 6.07) is 8.20. The molecule has 0 radical (unpaired) electrons. The molecule has 0 bridgehead atoms. The lowest BCUT2D eigenvalue weighted by atomic mass is 10.2. The van der Waals surface area contributed by atoms with E-state index in [1.807, 2.05) is 12.1 Å². The number of hydrogen-bond acceptors (Lipinski definition) is 6. The molecular weight excluding hydrogens is 410 g/mol. The van der Waals surface area contributed by atoms with Crippen molar-refractivity contribution in [2.24, 2.45) is 4.99 Å². The Morgan fingerprint density at radius 1 is 1.26 bits per heavy atom. The van der Waals surface area contributed by atoms with Crippen molar-refractivity contribution in [3.8, 4) is 5.75 Å². The van der Waals surface area contributed by atoms with Gasteiger partial charge in [0.15, 0.2) is 5.96 Å². The summed E-state index contributed by atoms with van der Waals surface area (Å²) in [6.07, 6.45) is 0.899. The molecule has 0 unspecified atom stereocenters. The molecule has 1 saturated heterocycles. The van der Waals surface area contributed by atoms with Crippen LogP contribution in [0.15, 0.2) is 29.3 Å². The summed E-state index contributed by atoms with van der Waals surface area (Å²) in [5.74, 6) is 1.72. The van der Waals surface area contributed by atoms with Gasteiger partial charge in [0.05, 0.1) is 30.5 Å². The zero-order valence-electron chi connectivity index (χ0n) is 18.9. The van der Waals surface area contributed by atoms with Crippen molar-refractivity contribution < 1.29 is 9.47 Å². The first kappa shape index (κ1) is 23.5. The molecule has 0 saturated carbocycles. The number of guanidine groups is 1. The van der Waals surface area contributed by atoms with E-state index in [9.17, 15) is 0 Å². The molecule has 0 amide bonds. The third-order valence-electron chi connectivity index (χ3n) is 5.15. The molecule has 8 heteroatoms. The molecule has 1 aromatic heterocycles. The Balaban J connectivity index is 1.46. The molecule has 1 aromatic carbocycles. The first-order valence-corrected chi connectivity index (χ1v) is 11.9. The van der Waals surface area contributed by atoms with Crippen molar-refractivity contribution in [3.05, 3.63) is 45.4 Å². The molecular formula is C23H35N5O2S. The molecule has 31 heavy (non-hydrogen) atoms. The van der Waals surface area contributed by atoms with Crippen LogP contribution in [0.2, 0.25) is 0 Å². The topological polar surface area (TPSA) is 71.0 Å². The molecule has 1 fully saturated rings. The van der Waals surface area contributed by atoms with E-state index in [1.165, 1.54) is 9.88 Å². The molecule has 2 N–H and O–H groups in total. The first-order chi connectivity index (χ1) is 15.1. The minimum atomic E-state index is 0.603. The normalized spacial score (nSPS) is 15.1. The second-order valence-corrected chi connectivity index (χ2v) is 8.86. The van der Waals surface area contributed by atoms with E-state index in [0.717, 1.165) is 75.3 Å². The standard InChI is InChI=1S/C23H35N5O2S/c1-4-24-23(25-9-8-22-27-18(2)19(3)31-22)26-17-20-6-5-7-21(16-20)30-15-12-28-10-13-29-14-11-28/h5-7,16H,4,8-15,17H2,1-3H3,(H2,24,25,26). The first-order valence-electron chi connectivity index (χ1n) is 11.1. The van der Waals surface area contributed by atoms with Crippen molar-refractivity contribution in [2.75, 3.05) is 52.5 Å². The Hall–Kier alpha value is -2.16. The maximum atomic E-state index is 5.96. The summed E-state index contributed by atoms with van der Waals surface area (Å²) >= 11 is 1.77. The number of aryl methyl sites for hydroxylation is 2. The van der Waals surface area contributed by atoms with E-state index in [0.29, 0.717) is 13.2 Å². The van der Waals surface area contributed by atoms with Crippen LogP contribution in [0.1, 0.15) is 28.1 Å².